The van der Waals surface area contributed by atoms with Crippen molar-refractivity contribution < 1.29 is 0 Å². The van der Waals surface area contributed by atoms with Crippen LogP contribution < -0.4 is 31.1 Å². The third kappa shape index (κ3) is 11.1. The van der Waals surface area contributed by atoms with Crippen LogP contribution in [0.15, 0.2) is 315 Å². The molecule has 2 aliphatic rings. The fourth-order valence-electron chi connectivity index (χ4n) is 16.9. The van der Waals surface area contributed by atoms with E-state index in [1.807, 2.05) is 0 Å². The fraction of sp³-hybridized carbons (Fsp3) is 0.160. The fourth-order valence-corrected chi connectivity index (χ4v) is 16.9. The first-order valence-corrected chi connectivity index (χ1v) is 37.7. The lowest BCUT2D eigenvalue weighted by Crippen LogP contribution is -2.61. The van der Waals surface area contributed by atoms with Gasteiger partial charge in [-0.3, -0.25) is 0 Å². The SMILES string of the molecule is CC(C)(C)c1cc(-c2ccccc2)c(N2c3cc(-n4c5ccc(C(C)(C)C)cc5c5cc(C(C)(C)C)ccc54)ccc3B3c4ccc(N(c5ccccc5)c5ccc(-n6c7ccccc7c7ccccc76)cc5)cc4N(c4ccccc4-c4ccccc4)c4cc(C(C)(C)C)cc2c43)c(-c2ccccc2)c1. The summed E-state index contributed by atoms with van der Waals surface area (Å²) in [5.74, 6) is 0. The number of hydrogen-bond donors (Lipinski definition) is 0. The Morgan fingerprint density at radius 2 is 0.651 bits per heavy atom. The molecule has 0 N–H and O–H groups in total. The Bertz CT molecular complexity index is 5930. The van der Waals surface area contributed by atoms with Crippen molar-refractivity contribution >= 4 is 118 Å². The maximum atomic E-state index is 2.73. The van der Waals surface area contributed by atoms with Crippen molar-refractivity contribution in [2.24, 2.45) is 0 Å². The Morgan fingerprint density at radius 1 is 0.255 bits per heavy atom. The van der Waals surface area contributed by atoms with Crippen LogP contribution in [0.5, 0.6) is 0 Å². The molecule has 2 aromatic heterocycles. The Morgan fingerprint density at radius 3 is 1.18 bits per heavy atom. The average molecular weight is 1370 g/mol. The summed E-state index contributed by atoms with van der Waals surface area (Å²) in [6.07, 6.45) is 0. The van der Waals surface area contributed by atoms with E-state index in [4.69, 9.17) is 0 Å². The van der Waals surface area contributed by atoms with Gasteiger partial charge in [0.05, 0.1) is 33.4 Å². The van der Waals surface area contributed by atoms with Gasteiger partial charge in [0.2, 0.25) is 0 Å². The van der Waals surface area contributed by atoms with Gasteiger partial charge >= 0.3 is 0 Å². The molecule has 0 bridgehead atoms. The lowest BCUT2D eigenvalue weighted by Gasteiger charge is -2.46. The monoisotopic (exact) mass is 1370 g/mol. The third-order valence-corrected chi connectivity index (χ3v) is 22.5. The highest BCUT2D eigenvalue weighted by molar-refractivity contribution is 7.00. The first kappa shape index (κ1) is 66.1. The second kappa shape index (κ2) is 24.9. The molecule has 0 fully saturated rings. The van der Waals surface area contributed by atoms with Crippen molar-refractivity contribution in [2.45, 2.75) is 105 Å². The van der Waals surface area contributed by atoms with Crippen molar-refractivity contribution in [1.29, 1.82) is 0 Å². The number of fused-ring (bicyclic) bond motifs is 10. The van der Waals surface area contributed by atoms with Crippen LogP contribution in [0.2, 0.25) is 0 Å². The van der Waals surface area contributed by atoms with E-state index in [0.717, 1.165) is 84.8 Å². The summed E-state index contributed by atoms with van der Waals surface area (Å²) in [4.78, 5) is 7.82. The van der Waals surface area contributed by atoms with Crippen molar-refractivity contribution in [2.75, 3.05) is 14.7 Å². The van der Waals surface area contributed by atoms with E-state index >= 15 is 0 Å². The van der Waals surface area contributed by atoms with E-state index in [2.05, 4.69) is 422 Å². The van der Waals surface area contributed by atoms with Gasteiger partial charge in [-0.15, -0.1) is 0 Å². The molecule has 0 saturated heterocycles. The molecule has 0 saturated carbocycles. The zero-order chi connectivity index (χ0) is 72.7. The smallest absolute Gasteiger partial charge is 0.252 e. The van der Waals surface area contributed by atoms with Gasteiger partial charge in [-0.1, -0.05) is 271 Å². The summed E-state index contributed by atoms with van der Waals surface area (Å²) >= 11 is 0. The van der Waals surface area contributed by atoms with E-state index in [1.165, 1.54) is 93.4 Å². The number of aromatic nitrogens is 2. The zero-order valence-corrected chi connectivity index (χ0v) is 62.8. The lowest BCUT2D eigenvalue weighted by molar-refractivity contribution is 0.590. The molecule has 0 unspecified atom stereocenters. The summed E-state index contributed by atoms with van der Waals surface area (Å²) in [5.41, 5.74) is 32.2. The molecule has 18 rings (SSSR count). The number of para-hydroxylation sites is 4. The molecule has 0 amide bonds. The molecule has 5 nitrogen and oxygen atoms in total. The highest BCUT2D eigenvalue weighted by Crippen LogP contribution is 2.55. The number of anilines is 9. The molecule has 106 heavy (non-hydrogen) atoms. The van der Waals surface area contributed by atoms with Gasteiger partial charge in [0.1, 0.15) is 0 Å². The van der Waals surface area contributed by atoms with E-state index in [9.17, 15) is 0 Å². The third-order valence-electron chi connectivity index (χ3n) is 22.5. The molecule has 0 aliphatic carbocycles. The number of hydrogen-bond acceptors (Lipinski definition) is 3. The van der Waals surface area contributed by atoms with Crippen LogP contribution in [0, 0.1) is 0 Å². The Hall–Kier alpha value is -11.9. The zero-order valence-electron chi connectivity index (χ0n) is 62.8. The number of benzene rings is 14. The second-order valence-electron chi connectivity index (χ2n) is 33.4. The summed E-state index contributed by atoms with van der Waals surface area (Å²) < 4.78 is 4.97. The van der Waals surface area contributed by atoms with Crippen molar-refractivity contribution in [3.8, 4) is 44.8 Å². The Kier molecular flexibility index (Phi) is 15.5. The van der Waals surface area contributed by atoms with Crippen LogP contribution >= 0.6 is 0 Å². The van der Waals surface area contributed by atoms with E-state index in [0.29, 0.717) is 0 Å². The van der Waals surface area contributed by atoms with Crippen molar-refractivity contribution in [3.63, 3.8) is 0 Å². The highest BCUT2D eigenvalue weighted by Gasteiger charge is 2.46. The van der Waals surface area contributed by atoms with Crippen LogP contribution in [0.3, 0.4) is 0 Å². The summed E-state index contributed by atoms with van der Waals surface area (Å²) in [7, 11) is 0. The summed E-state index contributed by atoms with van der Waals surface area (Å²) in [6.45, 7) is 28.0. The minimum Gasteiger partial charge on any atom is -0.311 e. The van der Waals surface area contributed by atoms with Crippen LogP contribution in [-0.2, 0) is 21.7 Å². The first-order valence-electron chi connectivity index (χ1n) is 37.7. The van der Waals surface area contributed by atoms with Gasteiger partial charge < -0.3 is 23.8 Å². The maximum absolute atomic E-state index is 2.73. The molecule has 6 heteroatoms. The average Bonchev–Trinajstić information content (AvgIpc) is 0.807. The van der Waals surface area contributed by atoms with Gasteiger partial charge in [-0.2, -0.15) is 0 Å². The first-order chi connectivity index (χ1) is 51.1. The molecular formula is C100H88BN5. The van der Waals surface area contributed by atoms with Crippen LogP contribution in [0.1, 0.15) is 105 Å². The van der Waals surface area contributed by atoms with E-state index in [-0.39, 0.29) is 28.4 Å². The second-order valence-corrected chi connectivity index (χ2v) is 33.4. The predicted molar refractivity (Wildman–Crippen MR) is 455 cm³/mol. The summed E-state index contributed by atoms with van der Waals surface area (Å²) in [5, 5.41) is 5.02. The normalized spacial score (nSPS) is 13.0. The Balaban J connectivity index is 0.952. The molecule has 14 aromatic carbocycles. The molecule has 516 valence electrons. The molecular weight excluding hydrogens is 1280 g/mol. The largest absolute Gasteiger partial charge is 0.311 e. The number of rotatable bonds is 10. The summed E-state index contributed by atoms with van der Waals surface area (Å²) in [6, 6.07) is 120. The van der Waals surface area contributed by atoms with Gasteiger partial charge in [0.15, 0.2) is 0 Å². The minimum absolute atomic E-state index is 0.0545. The predicted octanol–water partition coefficient (Wildman–Crippen LogP) is 25.6. The van der Waals surface area contributed by atoms with Crippen molar-refractivity contribution in [1.82, 2.24) is 9.13 Å². The van der Waals surface area contributed by atoms with Crippen LogP contribution in [0.25, 0.3) is 88.4 Å². The molecule has 16 aromatic rings. The highest BCUT2D eigenvalue weighted by atomic mass is 15.2. The molecule has 0 spiro atoms. The molecule has 0 atom stereocenters. The molecule has 0 radical (unpaired) electrons. The van der Waals surface area contributed by atoms with Crippen LogP contribution in [0.4, 0.5) is 51.2 Å². The van der Waals surface area contributed by atoms with E-state index in [1.54, 1.807) is 0 Å². The van der Waals surface area contributed by atoms with Gasteiger partial charge in [-0.25, -0.2) is 0 Å². The van der Waals surface area contributed by atoms with Crippen LogP contribution in [-0.4, -0.2) is 15.8 Å². The molecule has 4 heterocycles. The lowest BCUT2D eigenvalue weighted by atomic mass is 9.33. The van der Waals surface area contributed by atoms with Gasteiger partial charge in [0.25, 0.3) is 6.71 Å². The number of nitrogens with zero attached hydrogens (tertiary/aromatic N) is 5. The quantitative estimate of drug-likeness (QED) is 0.127. The molecule has 2 aliphatic heterocycles. The topological polar surface area (TPSA) is 19.6 Å². The van der Waals surface area contributed by atoms with Gasteiger partial charge in [0, 0.05) is 89.4 Å². The van der Waals surface area contributed by atoms with Crippen molar-refractivity contribution in [3.05, 3.63) is 338 Å². The van der Waals surface area contributed by atoms with E-state index < -0.39 is 0 Å². The van der Waals surface area contributed by atoms with Gasteiger partial charge in [-0.05, 0) is 204 Å². The Labute approximate surface area is 625 Å². The maximum Gasteiger partial charge on any atom is 0.252 e. The standard InChI is InChI=1S/C100H88BN5/c1-97(2,3)68-45-55-89-82(57-68)83-58-69(98(4,5)6)46-56-90(83)104(89)76-52-54-85-92(64-76)106(96-80(66-33-19-14-20-34-66)59-70(99(7,8)9)60-81(96)67-35-21-15-22-36-67)94-62-71(100(10,11)12)61-93-95(94)101(85)84-53-51-75(63-91(84)105(93)86-42-28-25-39-77(86)65-31-17-13-18-32-65)102(72-37-23-16-24-38-72)73-47-49-74(50-48-73)103-87-43-29-26-40-78(87)79-41-27-30-44-88(79)103/h13-64H,1-12H3. The minimum atomic E-state index is -0.307.